The van der Waals surface area contributed by atoms with Gasteiger partial charge in [0, 0.05) is 0 Å². The van der Waals surface area contributed by atoms with Gasteiger partial charge >= 0.3 is 11.9 Å². The molecule has 2 N–H and O–H groups in total. The van der Waals surface area contributed by atoms with Crippen molar-refractivity contribution in [2.24, 2.45) is 5.92 Å². The van der Waals surface area contributed by atoms with E-state index in [2.05, 4.69) is 5.32 Å². The molecule has 0 fully saturated rings. The number of ether oxygens (including phenoxy) is 1. The Morgan fingerprint density at radius 1 is 1.00 bits per heavy atom. The molecule has 0 aliphatic rings. The number of carbonyl (C=O) groups excluding carboxylic acids is 2. The summed E-state index contributed by atoms with van der Waals surface area (Å²) in [6.45, 7) is 5.26. The molecule has 0 heterocycles. The van der Waals surface area contributed by atoms with Crippen LogP contribution in [0, 0.1) is 5.92 Å². The molecule has 0 saturated heterocycles. The summed E-state index contributed by atoms with van der Waals surface area (Å²) >= 11 is 0. The van der Waals surface area contributed by atoms with Crippen LogP contribution in [0.15, 0.2) is 60.7 Å². The molecule has 0 aliphatic carbocycles. The standard InChI is InChI=1S/C23H27NO5/c1-4-29-21(27)16(2)15-19(20(25)26)24-22(28)23(3,17-11-7-5-8-12-17)18-13-9-6-10-14-18/h5-14,16,19H,4,15H2,1-3H3,(H,24,28)(H,25,26)/t16-,19+/m0/s1. The molecule has 2 aromatic rings. The molecule has 0 radical (unpaired) electrons. The van der Waals surface area contributed by atoms with Crippen molar-refractivity contribution in [1.82, 2.24) is 5.32 Å². The Bertz CT molecular complexity index is 795. The average molecular weight is 397 g/mol. The molecular formula is C23H27NO5. The van der Waals surface area contributed by atoms with Gasteiger partial charge in [0.15, 0.2) is 0 Å². The Labute approximate surface area is 170 Å². The number of esters is 1. The van der Waals surface area contributed by atoms with E-state index >= 15 is 0 Å². The maximum atomic E-state index is 13.4. The highest BCUT2D eigenvalue weighted by molar-refractivity contribution is 5.94. The first-order valence-corrected chi connectivity index (χ1v) is 9.62. The minimum absolute atomic E-state index is 0.0560. The normalized spacial score (nSPS) is 13.2. The topological polar surface area (TPSA) is 92.7 Å². The molecule has 6 nitrogen and oxygen atoms in total. The number of hydrogen-bond acceptors (Lipinski definition) is 4. The molecule has 0 aromatic heterocycles. The fourth-order valence-electron chi connectivity index (χ4n) is 3.23. The fraction of sp³-hybridized carbons (Fsp3) is 0.348. The minimum Gasteiger partial charge on any atom is -0.480 e. The Balaban J connectivity index is 2.33. The van der Waals surface area contributed by atoms with Crippen LogP contribution in [-0.2, 0) is 24.5 Å². The second kappa shape index (κ2) is 9.87. The van der Waals surface area contributed by atoms with Crippen LogP contribution in [0.5, 0.6) is 0 Å². The first-order chi connectivity index (χ1) is 13.8. The molecule has 0 bridgehead atoms. The van der Waals surface area contributed by atoms with E-state index in [1.807, 2.05) is 60.7 Å². The van der Waals surface area contributed by atoms with Crippen molar-refractivity contribution in [2.75, 3.05) is 6.61 Å². The lowest BCUT2D eigenvalue weighted by Gasteiger charge is -2.31. The van der Waals surface area contributed by atoms with Crippen LogP contribution in [0.25, 0.3) is 0 Å². The highest BCUT2D eigenvalue weighted by Crippen LogP contribution is 2.32. The van der Waals surface area contributed by atoms with Crippen molar-refractivity contribution in [3.63, 3.8) is 0 Å². The number of benzene rings is 2. The van der Waals surface area contributed by atoms with Crippen molar-refractivity contribution in [3.8, 4) is 0 Å². The average Bonchev–Trinajstić information content (AvgIpc) is 2.73. The van der Waals surface area contributed by atoms with Gasteiger partial charge in [-0.1, -0.05) is 67.6 Å². The first kappa shape index (κ1) is 22.1. The van der Waals surface area contributed by atoms with Crippen LogP contribution in [-0.4, -0.2) is 35.6 Å². The van der Waals surface area contributed by atoms with Crippen LogP contribution in [0.1, 0.15) is 38.3 Å². The lowest BCUT2D eigenvalue weighted by Crippen LogP contribution is -2.50. The number of amides is 1. The molecule has 2 atom stereocenters. The third-order valence-electron chi connectivity index (χ3n) is 5.04. The van der Waals surface area contributed by atoms with Crippen LogP contribution >= 0.6 is 0 Å². The maximum Gasteiger partial charge on any atom is 0.326 e. The summed E-state index contributed by atoms with van der Waals surface area (Å²) in [4.78, 5) is 37.1. The van der Waals surface area contributed by atoms with Gasteiger partial charge in [-0.25, -0.2) is 4.79 Å². The van der Waals surface area contributed by atoms with E-state index in [0.717, 1.165) is 11.1 Å². The summed E-state index contributed by atoms with van der Waals surface area (Å²) < 4.78 is 4.95. The van der Waals surface area contributed by atoms with Gasteiger partial charge in [0.1, 0.15) is 6.04 Å². The summed E-state index contributed by atoms with van der Waals surface area (Å²) in [6, 6.07) is 17.2. The van der Waals surface area contributed by atoms with E-state index in [-0.39, 0.29) is 13.0 Å². The zero-order valence-corrected chi connectivity index (χ0v) is 16.9. The number of carboxylic acid groups (broad SMARTS) is 1. The lowest BCUT2D eigenvalue weighted by atomic mass is 9.75. The van der Waals surface area contributed by atoms with Crippen LogP contribution in [0.2, 0.25) is 0 Å². The highest BCUT2D eigenvalue weighted by Gasteiger charge is 2.39. The first-order valence-electron chi connectivity index (χ1n) is 9.62. The van der Waals surface area contributed by atoms with Gasteiger partial charge in [0.2, 0.25) is 5.91 Å². The molecule has 6 heteroatoms. The van der Waals surface area contributed by atoms with Gasteiger partial charge in [-0.2, -0.15) is 0 Å². The fourth-order valence-corrected chi connectivity index (χ4v) is 3.23. The molecule has 29 heavy (non-hydrogen) atoms. The van der Waals surface area contributed by atoms with E-state index < -0.39 is 35.2 Å². The zero-order chi connectivity index (χ0) is 21.4. The summed E-state index contributed by atoms with van der Waals surface area (Å²) in [6.07, 6.45) is -0.0560. The van der Waals surface area contributed by atoms with Crippen molar-refractivity contribution < 1.29 is 24.2 Å². The molecule has 0 spiro atoms. The number of nitrogens with one attached hydrogen (secondary N) is 1. The number of aliphatic carboxylic acids is 1. The number of rotatable bonds is 9. The SMILES string of the molecule is CCOC(=O)[C@@H](C)C[C@@H](NC(=O)C(C)(c1ccccc1)c1ccccc1)C(=O)O. The molecular weight excluding hydrogens is 370 g/mol. The third kappa shape index (κ3) is 5.22. The van der Waals surface area contributed by atoms with Crippen molar-refractivity contribution in [3.05, 3.63) is 71.8 Å². The van der Waals surface area contributed by atoms with Gasteiger partial charge < -0.3 is 15.2 Å². The lowest BCUT2D eigenvalue weighted by molar-refractivity contribution is -0.149. The second-order valence-electron chi connectivity index (χ2n) is 7.11. The van der Waals surface area contributed by atoms with E-state index in [1.165, 1.54) is 0 Å². The van der Waals surface area contributed by atoms with E-state index in [9.17, 15) is 19.5 Å². The summed E-state index contributed by atoms with van der Waals surface area (Å²) in [5.41, 5.74) is 0.390. The van der Waals surface area contributed by atoms with Gasteiger partial charge in [-0.05, 0) is 31.4 Å². The predicted molar refractivity (Wildman–Crippen MR) is 109 cm³/mol. The summed E-state index contributed by atoms with van der Waals surface area (Å²) in [5, 5.41) is 12.3. The molecule has 0 saturated carbocycles. The van der Waals surface area contributed by atoms with Crippen LogP contribution < -0.4 is 5.32 Å². The van der Waals surface area contributed by atoms with Crippen molar-refractivity contribution >= 4 is 17.8 Å². The number of carbonyl (C=O) groups is 3. The molecule has 154 valence electrons. The highest BCUT2D eigenvalue weighted by atomic mass is 16.5. The molecule has 2 rings (SSSR count). The van der Waals surface area contributed by atoms with Gasteiger partial charge in [-0.15, -0.1) is 0 Å². The smallest absolute Gasteiger partial charge is 0.326 e. The Morgan fingerprint density at radius 3 is 1.90 bits per heavy atom. The Morgan fingerprint density at radius 2 is 1.48 bits per heavy atom. The van der Waals surface area contributed by atoms with Gasteiger partial charge in [0.05, 0.1) is 17.9 Å². The van der Waals surface area contributed by atoms with Crippen molar-refractivity contribution in [1.29, 1.82) is 0 Å². The van der Waals surface area contributed by atoms with Crippen LogP contribution in [0.3, 0.4) is 0 Å². The number of hydrogen-bond donors (Lipinski definition) is 2. The molecule has 0 unspecified atom stereocenters. The van der Waals surface area contributed by atoms with Gasteiger partial charge in [-0.3, -0.25) is 9.59 Å². The van der Waals surface area contributed by atoms with E-state index in [4.69, 9.17) is 4.74 Å². The Kier molecular flexibility index (Phi) is 7.53. The zero-order valence-electron chi connectivity index (χ0n) is 16.9. The van der Waals surface area contributed by atoms with Gasteiger partial charge in [0.25, 0.3) is 0 Å². The largest absolute Gasteiger partial charge is 0.480 e. The Hall–Kier alpha value is -3.15. The quantitative estimate of drug-likeness (QED) is 0.634. The van der Waals surface area contributed by atoms with Crippen LogP contribution in [0.4, 0.5) is 0 Å². The maximum absolute atomic E-state index is 13.4. The monoisotopic (exact) mass is 397 g/mol. The summed E-state index contributed by atoms with van der Waals surface area (Å²) in [5.74, 6) is -2.78. The number of carboxylic acids is 1. The minimum atomic E-state index is -1.21. The van der Waals surface area contributed by atoms with E-state index in [1.54, 1.807) is 20.8 Å². The second-order valence-corrected chi connectivity index (χ2v) is 7.11. The predicted octanol–water partition coefficient (Wildman–Crippen LogP) is 3.15. The van der Waals surface area contributed by atoms with E-state index in [0.29, 0.717) is 0 Å². The molecule has 0 aliphatic heterocycles. The van der Waals surface area contributed by atoms with Crippen molar-refractivity contribution in [2.45, 2.75) is 38.6 Å². The molecule has 1 amide bonds. The molecule has 2 aromatic carbocycles. The third-order valence-corrected chi connectivity index (χ3v) is 5.04. The summed E-state index contributed by atoms with van der Waals surface area (Å²) in [7, 11) is 0.